The van der Waals surface area contributed by atoms with Crippen molar-refractivity contribution in [3.63, 3.8) is 0 Å². The molecule has 0 bridgehead atoms. The van der Waals surface area contributed by atoms with Crippen LogP contribution in [0.2, 0.25) is 0 Å². The van der Waals surface area contributed by atoms with E-state index in [0.29, 0.717) is 31.5 Å². The summed E-state index contributed by atoms with van der Waals surface area (Å²) in [4.78, 5) is 6.67. The fourth-order valence-electron chi connectivity index (χ4n) is 3.85. The number of likely N-dealkylation sites (tertiary alicyclic amines) is 1. The van der Waals surface area contributed by atoms with Crippen molar-refractivity contribution in [3.8, 4) is 0 Å². The average molecular weight is 554 g/mol. The predicted molar refractivity (Wildman–Crippen MR) is 131 cm³/mol. The molecule has 1 aromatic rings. The molecule has 1 aliphatic carbocycles. The van der Waals surface area contributed by atoms with Crippen molar-refractivity contribution in [2.45, 2.75) is 44.6 Å². The SMILES string of the molecule is CN=C(NCCS(=O)(=O)NCC1CCC1)NCC(c1ccco1)N1CCCCC1.I. The van der Waals surface area contributed by atoms with Gasteiger partial charge in [0.05, 0.1) is 18.1 Å². The summed E-state index contributed by atoms with van der Waals surface area (Å²) in [5.41, 5.74) is 0. The van der Waals surface area contributed by atoms with Gasteiger partial charge in [-0.3, -0.25) is 9.89 Å². The van der Waals surface area contributed by atoms with E-state index in [0.717, 1.165) is 31.7 Å². The van der Waals surface area contributed by atoms with Gasteiger partial charge in [-0.1, -0.05) is 12.8 Å². The second-order valence-corrected chi connectivity index (χ2v) is 9.90. The van der Waals surface area contributed by atoms with Crippen LogP contribution in [0.5, 0.6) is 0 Å². The number of sulfonamides is 1. The third kappa shape index (κ3) is 8.01. The van der Waals surface area contributed by atoms with E-state index in [9.17, 15) is 8.42 Å². The quantitative estimate of drug-likeness (QED) is 0.234. The van der Waals surface area contributed by atoms with Crippen molar-refractivity contribution >= 4 is 40.0 Å². The molecule has 30 heavy (non-hydrogen) atoms. The van der Waals surface area contributed by atoms with Gasteiger partial charge in [-0.2, -0.15) is 0 Å². The van der Waals surface area contributed by atoms with Gasteiger partial charge in [0, 0.05) is 26.7 Å². The highest BCUT2D eigenvalue weighted by molar-refractivity contribution is 14.0. The summed E-state index contributed by atoms with van der Waals surface area (Å²) in [6.07, 6.45) is 8.87. The molecule has 10 heteroatoms. The Kier molecular flexibility index (Phi) is 10.9. The molecule has 1 atom stereocenters. The third-order valence-electron chi connectivity index (χ3n) is 5.87. The van der Waals surface area contributed by atoms with Crippen LogP contribution in [0, 0.1) is 5.92 Å². The van der Waals surface area contributed by atoms with Crippen LogP contribution in [-0.4, -0.2) is 64.8 Å². The standard InChI is InChI=1S/C20H35N5O3S.HI/c1-21-20(22-10-14-29(26,27)24-15-17-7-5-8-17)23-16-18(19-9-6-13-28-19)25-11-3-2-4-12-25;/h6,9,13,17-18,24H,2-5,7-8,10-12,14-16H2,1H3,(H2,21,22,23);1H. The maximum atomic E-state index is 12.1. The van der Waals surface area contributed by atoms with E-state index >= 15 is 0 Å². The van der Waals surface area contributed by atoms with E-state index in [2.05, 4.69) is 25.2 Å². The van der Waals surface area contributed by atoms with Crippen molar-refractivity contribution in [2.24, 2.45) is 10.9 Å². The molecule has 3 N–H and O–H groups in total. The molecule has 2 fully saturated rings. The minimum atomic E-state index is -3.26. The highest BCUT2D eigenvalue weighted by atomic mass is 127. The van der Waals surface area contributed by atoms with Gasteiger partial charge < -0.3 is 15.1 Å². The molecule has 1 saturated heterocycles. The molecule has 0 radical (unpaired) electrons. The normalized spacial score (nSPS) is 19.6. The topological polar surface area (TPSA) is 99.0 Å². The van der Waals surface area contributed by atoms with Gasteiger partial charge in [0.2, 0.25) is 10.0 Å². The van der Waals surface area contributed by atoms with Gasteiger partial charge in [0.1, 0.15) is 5.76 Å². The van der Waals surface area contributed by atoms with Crippen molar-refractivity contribution in [2.75, 3.05) is 45.5 Å². The van der Waals surface area contributed by atoms with E-state index in [-0.39, 0.29) is 35.8 Å². The molecule has 1 aromatic heterocycles. The third-order valence-corrected chi connectivity index (χ3v) is 7.22. The fourth-order valence-corrected chi connectivity index (χ4v) is 4.86. The van der Waals surface area contributed by atoms with Gasteiger partial charge in [-0.05, 0) is 56.8 Å². The number of hydrogen-bond donors (Lipinski definition) is 3. The maximum absolute atomic E-state index is 12.1. The molecule has 8 nitrogen and oxygen atoms in total. The van der Waals surface area contributed by atoms with E-state index in [4.69, 9.17) is 4.42 Å². The van der Waals surface area contributed by atoms with Gasteiger partial charge >= 0.3 is 0 Å². The van der Waals surface area contributed by atoms with Gasteiger partial charge in [-0.15, -0.1) is 24.0 Å². The first-order valence-corrected chi connectivity index (χ1v) is 12.4. The number of rotatable bonds is 10. The Morgan fingerprint density at radius 2 is 2.00 bits per heavy atom. The second kappa shape index (κ2) is 12.9. The Bertz CT molecular complexity index is 732. The van der Waals surface area contributed by atoms with Crippen molar-refractivity contribution in [1.29, 1.82) is 0 Å². The Labute approximate surface area is 197 Å². The molecular formula is C20H36IN5O3S. The molecule has 0 amide bonds. The summed E-state index contributed by atoms with van der Waals surface area (Å²) >= 11 is 0. The van der Waals surface area contributed by atoms with E-state index in [1.807, 2.05) is 12.1 Å². The summed E-state index contributed by atoms with van der Waals surface area (Å²) in [5.74, 6) is 2.10. The van der Waals surface area contributed by atoms with Crippen LogP contribution in [-0.2, 0) is 10.0 Å². The van der Waals surface area contributed by atoms with Crippen molar-refractivity contribution in [3.05, 3.63) is 24.2 Å². The largest absolute Gasteiger partial charge is 0.468 e. The number of halogens is 1. The minimum absolute atomic E-state index is 0. The number of furan rings is 1. The Hall–Kier alpha value is -0.850. The van der Waals surface area contributed by atoms with Crippen LogP contribution in [0.15, 0.2) is 27.8 Å². The molecule has 3 rings (SSSR count). The zero-order valence-corrected chi connectivity index (χ0v) is 21.0. The lowest BCUT2D eigenvalue weighted by atomic mass is 9.86. The van der Waals surface area contributed by atoms with Gasteiger partial charge in [-0.25, -0.2) is 13.1 Å². The monoisotopic (exact) mass is 553 g/mol. The Morgan fingerprint density at radius 3 is 2.60 bits per heavy atom. The molecule has 0 spiro atoms. The molecule has 2 aliphatic rings. The summed E-state index contributed by atoms with van der Waals surface area (Å²) in [6, 6.07) is 4.06. The Balaban J connectivity index is 0.00000320. The average Bonchev–Trinajstić information content (AvgIpc) is 3.20. The van der Waals surface area contributed by atoms with E-state index < -0.39 is 10.0 Å². The first kappa shape index (κ1) is 25.4. The predicted octanol–water partition coefficient (Wildman–Crippen LogP) is 2.31. The molecule has 1 unspecified atom stereocenters. The molecule has 0 aromatic carbocycles. The summed E-state index contributed by atoms with van der Waals surface area (Å²) in [7, 11) is -1.56. The van der Waals surface area contributed by atoms with Crippen LogP contribution in [0.1, 0.15) is 50.3 Å². The van der Waals surface area contributed by atoms with Crippen molar-refractivity contribution < 1.29 is 12.8 Å². The lowest BCUT2D eigenvalue weighted by molar-refractivity contribution is 0.146. The first-order valence-electron chi connectivity index (χ1n) is 10.8. The molecule has 1 saturated carbocycles. The number of guanidine groups is 1. The van der Waals surface area contributed by atoms with Crippen LogP contribution in [0.3, 0.4) is 0 Å². The number of nitrogens with one attached hydrogen (secondary N) is 3. The zero-order chi connectivity index (χ0) is 20.5. The summed E-state index contributed by atoms with van der Waals surface area (Å²) < 4.78 is 32.7. The van der Waals surface area contributed by atoms with E-state index in [1.165, 1.54) is 25.7 Å². The molecule has 172 valence electrons. The number of piperidine rings is 1. The van der Waals surface area contributed by atoms with Gasteiger partial charge in [0.15, 0.2) is 5.96 Å². The van der Waals surface area contributed by atoms with Crippen LogP contribution in [0.4, 0.5) is 0 Å². The second-order valence-electron chi connectivity index (χ2n) is 7.97. The summed E-state index contributed by atoms with van der Waals surface area (Å²) in [6.45, 7) is 3.65. The minimum Gasteiger partial charge on any atom is -0.468 e. The smallest absolute Gasteiger partial charge is 0.213 e. The summed E-state index contributed by atoms with van der Waals surface area (Å²) in [5, 5.41) is 6.45. The lowest BCUT2D eigenvalue weighted by Gasteiger charge is -2.33. The fraction of sp³-hybridized carbons (Fsp3) is 0.750. The number of hydrogen-bond acceptors (Lipinski definition) is 5. The van der Waals surface area contributed by atoms with Crippen LogP contribution >= 0.6 is 24.0 Å². The van der Waals surface area contributed by atoms with Crippen LogP contribution in [0.25, 0.3) is 0 Å². The van der Waals surface area contributed by atoms with E-state index in [1.54, 1.807) is 13.3 Å². The highest BCUT2D eigenvalue weighted by Gasteiger charge is 2.25. The lowest BCUT2D eigenvalue weighted by Crippen LogP contribution is -2.46. The number of nitrogens with zero attached hydrogens (tertiary/aromatic N) is 2. The number of aliphatic imine (C=N–C) groups is 1. The zero-order valence-electron chi connectivity index (χ0n) is 17.8. The highest BCUT2D eigenvalue weighted by Crippen LogP contribution is 2.25. The first-order chi connectivity index (χ1) is 14.1. The van der Waals surface area contributed by atoms with Crippen LogP contribution < -0.4 is 15.4 Å². The molecular weight excluding hydrogens is 517 g/mol. The van der Waals surface area contributed by atoms with Crippen molar-refractivity contribution in [1.82, 2.24) is 20.3 Å². The molecule has 1 aliphatic heterocycles. The van der Waals surface area contributed by atoms with Gasteiger partial charge in [0.25, 0.3) is 0 Å². The molecule has 2 heterocycles. The maximum Gasteiger partial charge on any atom is 0.213 e. The Morgan fingerprint density at radius 1 is 1.23 bits per heavy atom.